The van der Waals surface area contributed by atoms with Crippen LogP contribution in [0.3, 0.4) is 0 Å². The van der Waals surface area contributed by atoms with Gasteiger partial charge in [0.2, 0.25) is 0 Å². The van der Waals surface area contributed by atoms with Crippen molar-refractivity contribution in [2.45, 2.75) is 13.8 Å². The van der Waals surface area contributed by atoms with E-state index in [1.807, 2.05) is 0 Å². The topological polar surface area (TPSA) is 85.9 Å². The molecule has 0 rings (SSSR count). The van der Waals surface area contributed by atoms with Crippen molar-refractivity contribution in [3.63, 3.8) is 0 Å². The summed E-state index contributed by atoms with van der Waals surface area (Å²) >= 11 is 0. The summed E-state index contributed by atoms with van der Waals surface area (Å²) < 4.78 is 0. The SMILES string of the molecule is CC(=O)C(N=NC=N)=C(C)O. The first-order valence-electron chi connectivity index (χ1n) is 2.90. The van der Waals surface area contributed by atoms with Crippen LogP contribution in [0.25, 0.3) is 0 Å². The lowest BCUT2D eigenvalue weighted by Crippen LogP contribution is -1.96. The van der Waals surface area contributed by atoms with Gasteiger partial charge in [0, 0.05) is 6.92 Å². The molecule has 0 aliphatic carbocycles. The van der Waals surface area contributed by atoms with Gasteiger partial charge in [-0.1, -0.05) is 0 Å². The summed E-state index contributed by atoms with van der Waals surface area (Å²) in [5.74, 6) is -0.571. The fourth-order valence-electron chi connectivity index (χ4n) is 0.484. The summed E-state index contributed by atoms with van der Waals surface area (Å²) in [6.45, 7) is 2.59. The molecule has 0 spiro atoms. The zero-order valence-electron chi connectivity index (χ0n) is 6.33. The minimum Gasteiger partial charge on any atom is -0.510 e. The van der Waals surface area contributed by atoms with Crippen molar-refractivity contribution in [2.24, 2.45) is 10.2 Å². The third kappa shape index (κ3) is 3.24. The molecule has 0 aromatic heterocycles. The third-order valence-electron chi connectivity index (χ3n) is 0.892. The summed E-state index contributed by atoms with van der Waals surface area (Å²) in [4.78, 5) is 10.6. The van der Waals surface area contributed by atoms with Gasteiger partial charge in [-0.3, -0.25) is 10.2 Å². The summed E-state index contributed by atoms with van der Waals surface area (Å²) in [6.07, 6.45) is 0.686. The molecule has 0 fully saturated rings. The van der Waals surface area contributed by atoms with E-state index in [2.05, 4.69) is 10.2 Å². The molecule has 2 N–H and O–H groups in total. The summed E-state index contributed by atoms with van der Waals surface area (Å²) in [6, 6.07) is 0. The van der Waals surface area contributed by atoms with Gasteiger partial charge in [0.15, 0.2) is 11.5 Å². The number of nitrogens with one attached hydrogen (secondary N) is 1. The smallest absolute Gasteiger partial charge is 0.183 e. The molecule has 60 valence electrons. The van der Waals surface area contributed by atoms with Crippen LogP contribution in [0.2, 0.25) is 0 Å². The highest BCUT2D eigenvalue weighted by Crippen LogP contribution is 2.03. The highest BCUT2D eigenvalue weighted by atomic mass is 16.3. The number of hydrogen-bond acceptors (Lipinski definition) is 4. The van der Waals surface area contributed by atoms with Crippen LogP contribution >= 0.6 is 0 Å². The van der Waals surface area contributed by atoms with Crippen molar-refractivity contribution in [3.05, 3.63) is 11.5 Å². The second kappa shape index (κ2) is 4.32. The largest absolute Gasteiger partial charge is 0.510 e. The fourth-order valence-corrected chi connectivity index (χ4v) is 0.484. The number of carbonyl (C=O) groups excluding carboxylic acids is 1. The van der Waals surface area contributed by atoms with Crippen LogP contribution in [-0.2, 0) is 4.79 Å². The predicted molar refractivity (Wildman–Crippen MR) is 39.6 cm³/mol. The van der Waals surface area contributed by atoms with E-state index in [-0.39, 0.29) is 17.2 Å². The first-order chi connectivity index (χ1) is 5.09. The lowest BCUT2D eigenvalue weighted by atomic mass is 10.3. The highest BCUT2D eigenvalue weighted by Gasteiger charge is 2.05. The van der Waals surface area contributed by atoms with Crippen LogP contribution < -0.4 is 0 Å². The Labute approximate surface area is 64.0 Å². The highest BCUT2D eigenvalue weighted by molar-refractivity contribution is 5.93. The fraction of sp³-hybridized carbons (Fsp3) is 0.333. The van der Waals surface area contributed by atoms with Crippen LogP contribution in [0.1, 0.15) is 13.8 Å². The molecule has 0 aliphatic heterocycles. The van der Waals surface area contributed by atoms with Crippen molar-refractivity contribution in [1.82, 2.24) is 0 Å². The van der Waals surface area contributed by atoms with Gasteiger partial charge >= 0.3 is 0 Å². The maximum absolute atomic E-state index is 10.6. The standard InChI is InChI=1S/C6H9N3O2/c1-4(10)6(5(2)11)9-8-3-7/h3,7,10H,1-2H3. The van der Waals surface area contributed by atoms with E-state index in [9.17, 15) is 4.79 Å². The van der Waals surface area contributed by atoms with Crippen LogP contribution in [0.4, 0.5) is 0 Å². The Kier molecular flexibility index (Phi) is 3.72. The molecule has 5 nitrogen and oxygen atoms in total. The van der Waals surface area contributed by atoms with Gasteiger partial charge in [-0.05, 0) is 6.92 Å². The summed E-state index contributed by atoms with van der Waals surface area (Å²) in [7, 11) is 0. The van der Waals surface area contributed by atoms with E-state index in [0.717, 1.165) is 0 Å². The number of azo groups is 1. The van der Waals surface area contributed by atoms with Crippen LogP contribution in [0.15, 0.2) is 21.7 Å². The Hall–Kier alpha value is -1.52. The second-order valence-corrected chi connectivity index (χ2v) is 1.83. The Balaban J connectivity index is 4.64. The molecule has 0 unspecified atom stereocenters. The van der Waals surface area contributed by atoms with Gasteiger partial charge in [-0.15, -0.1) is 10.2 Å². The number of allylic oxidation sites excluding steroid dienone is 2. The van der Waals surface area contributed by atoms with Gasteiger partial charge in [0.25, 0.3) is 0 Å². The average molecular weight is 155 g/mol. The Morgan fingerprint density at radius 3 is 2.36 bits per heavy atom. The van der Waals surface area contributed by atoms with E-state index in [1.165, 1.54) is 13.8 Å². The molecule has 5 heteroatoms. The molecule has 0 radical (unpaired) electrons. The minimum atomic E-state index is -0.379. The normalized spacial score (nSPS) is 12.9. The summed E-state index contributed by atoms with van der Waals surface area (Å²) in [5, 5.41) is 21.8. The van der Waals surface area contributed by atoms with Crippen molar-refractivity contribution < 1.29 is 9.90 Å². The first-order valence-corrected chi connectivity index (χ1v) is 2.90. The van der Waals surface area contributed by atoms with Crippen molar-refractivity contribution >= 4 is 12.1 Å². The number of ketones is 1. The van der Waals surface area contributed by atoms with E-state index in [1.54, 1.807) is 0 Å². The molecule has 0 aromatic rings. The van der Waals surface area contributed by atoms with Gasteiger partial charge in [0.1, 0.15) is 12.1 Å². The van der Waals surface area contributed by atoms with Gasteiger partial charge in [0.05, 0.1) is 0 Å². The molecule has 0 aliphatic rings. The van der Waals surface area contributed by atoms with Crippen LogP contribution in [0, 0.1) is 5.41 Å². The van der Waals surface area contributed by atoms with E-state index in [4.69, 9.17) is 10.5 Å². The maximum atomic E-state index is 10.6. The van der Waals surface area contributed by atoms with E-state index < -0.39 is 0 Å². The number of aliphatic hydroxyl groups excluding tert-OH is 1. The molecule has 0 saturated carbocycles. The van der Waals surface area contributed by atoms with E-state index >= 15 is 0 Å². The maximum Gasteiger partial charge on any atom is 0.183 e. The molecular weight excluding hydrogens is 146 g/mol. The zero-order chi connectivity index (χ0) is 8.85. The number of hydrogen-bond donors (Lipinski definition) is 2. The number of rotatable bonds is 3. The molecular formula is C6H9N3O2. The number of aliphatic hydroxyl groups is 1. The summed E-state index contributed by atoms with van der Waals surface area (Å²) in [5.41, 5.74) is -0.117. The van der Waals surface area contributed by atoms with E-state index in [0.29, 0.717) is 6.34 Å². The molecule has 0 atom stereocenters. The lowest BCUT2D eigenvalue weighted by molar-refractivity contribution is -0.113. The Morgan fingerprint density at radius 2 is 2.09 bits per heavy atom. The molecule has 0 bridgehead atoms. The van der Waals surface area contributed by atoms with Crippen molar-refractivity contribution in [2.75, 3.05) is 0 Å². The zero-order valence-corrected chi connectivity index (χ0v) is 6.33. The van der Waals surface area contributed by atoms with Crippen molar-refractivity contribution in [3.8, 4) is 0 Å². The average Bonchev–Trinajstić information content (AvgIpc) is 1.87. The Morgan fingerprint density at radius 1 is 1.55 bits per heavy atom. The second-order valence-electron chi connectivity index (χ2n) is 1.83. The molecule has 0 amide bonds. The first kappa shape index (κ1) is 9.48. The van der Waals surface area contributed by atoms with Crippen LogP contribution in [-0.4, -0.2) is 17.2 Å². The predicted octanol–water partition coefficient (Wildman–Crippen LogP) is 1.42. The third-order valence-corrected chi connectivity index (χ3v) is 0.892. The number of carbonyl (C=O) groups is 1. The number of nitrogens with zero attached hydrogens (tertiary/aromatic N) is 2. The van der Waals surface area contributed by atoms with Crippen molar-refractivity contribution in [1.29, 1.82) is 5.41 Å². The van der Waals surface area contributed by atoms with Gasteiger partial charge < -0.3 is 5.11 Å². The molecule has 0 aromatic carbocycles. The molecule has 0 heterocycles. The molecule has 0 saturated heterocycles. The van der Waals surface area contributed by atoms with Crippen LogP contribution in [0.5, 0.6) is 0 Å². The van der Waals surface area contributed by atoms with Gasteiger partial charge in [-0.2, -0.15) is 0 Å². The number of Topliss-reactive ketones (excluding diaryl/α,β-unsaturated/α-hetero) is 1. The van der Waals surface area contributed by atoms with Gasteiger partial charge in [-0.25, -0.2) is 0 Å². The Bertz CT molecular complexity index is 226. The monoisotopic (exact) mass is 155 g/mol. The quantitative estimate of drug-likeness (QED) is 0.212. The lowest BCUT2D eigenvalue weighted by Gasteiger charge is -1.93. The molecule has 11 heavy (non-hydrogen) atoms. The minimum absolute atomic E-state index is 0.117.